The molecule has 0 saturated carbocycles. The molecule has 2 heterocycles. The highest BCUT2D eigenvalue weighted by atomic mass is 16.5. The summed E-state index contributed by atoms with van der Waals surface area (Å²) in [5, 5.41) is 3.31. The van der Waals surface area contributed by atoms with Gasteiger partial charge in [-0.3, -0.25) is 0 Å². The summed E-state index contributed by atoms with van der Waals surface area (Å²) in [6.07, 6.45) is 2.42. The molecule has 1 aromatic heterocycles. The molecule has 6 nitrogen and oxygen atoms in total. The Balaban J connectivity index is 1.43. The second-order valence-electron chi connectivity index (χ2n) is 6.95. The van der Waals surface area contributed by atoms with Gasteiger partial charge in [-0.1, -0.05) is 30.3 Å². The van der Waals surface area contributed by atoms with Crippen LogP contribution in [0.2, 0.25) is 0 Å². The summed E-state index contributed by atoms with van der Waals surface area (Å²) < 4.78 is 11.0. The van der Waals surface area contributed by atoms with Crippen molar-refractivity contribution in [1.82, 2.24) is 9.97 Å². The third-order valence-corrected chi connectivity index (χ3v) is 4.93. The normalized spacial score (nSPS) is 13.3. The quantitative estimate of drug-likeness (QED) is 0.581. The van der Waals surface area contributed by atoms with Crippen molar-refractivity contribution in [3.63, 3.8) is 0 Å². The van der Waals surface area contributed by atoms with Crippen LogP contribution in [0.4, 0.5) is 11.8 Å². The Morgan fingerprint density at radius 3 is 2.38 bits per heavy atom. The minimum absolute atomic E-state index is 0.518. The van der Waals surface area contributed by atoms with Crippen LogP contribution in [0, 0.1) is 0 Å². The molecule has 6 heteroatoms. The van der Waals surface area contributed by atoms with Crippen LogP contribution in [-0.4, -0.2) is 43.3 Å². The zero-order valence-electron chi connectivity index (χ0n) is 16.7. The first-order valence-electron chi connectivity index (χ1n) is 10.0. The van der Waals surface area contributed by atoms with E-state index >= 15 is 0 Å². The number of aromatic nitrogens is 2. The maximum absolute atomic E-state index is 5.79. The lowest BCUT2D eigenvalue weighted by atomic mass is 10.1. The van der Waals surface area contributed by atoms with Crippen molar-refractivity contribution in [3.8, 4) is 22.8 Å². The first kappa shape index (κ1) is 19.1. The second kappa shape index (κ2) is 9.28. The molecule has 4 rings (SSSR count). The fraction of sp³-hybridized carbons (Fsp3) is 0.304. The Labute approximate surface area is 171 Å². The zero-order valence-corrected chi connectivity index (χ0v) is 16.7. The maximum Gasteiger partial charge on any atom is 0.225 e. The van der Waals surface area contributed by atoms with E-state index < -0.39 is 0 Å². The highest BCUT2D eigenvalue weighted by Crippen LogP contribution is 2.25. The Morgan fingerprint density at radius 2 is 1.66 bits per heavy atom. The van der Waals surface area contributed by atoms with E-state index in [1.54, 1.807) is 7.11 Å². The number of anilines is 2. The maximum atomic E-state index is 5.79. The van der Waals surface area contributed by atoms with Crippen molar-refractivity contribution in [2.24, 2.45) is 0 Å². The number of nitrogens with zero attached hydrogens (tertiary/aromatic N) is 3. The van der Waals surface area contributed by atoms with Gasteiger partial charge in [0.05, 0.1) is 19.3 Å². The lowest BCUT2D eigenvalue weighted by Gasteiger charge is -2.18. The number of benzene rings is 2. The van der Waals surface area contributed by atoms with Crippen molar-refractivity contribution in [1.29, 1.82) is 0 Å². The van der Waals surface area contributed by atoms with Crippen LogP contribution in [0.15, 0.2) is 60.7 Å². The fourth-order valence-electron chi connectivity index (χ4n) is 3.38. The molecule has 0 radical (unpaired) electrons. The van der Waals surface area contributed by atoms with Gasteiger partial charge >= 0.3 is 0 Å². The third kappa shape index (κ3) is 4.96. The molecule has 1 N–H and O–H groups in total. The molecule has 2 aromatic carbocycles. The Bertz CT molecular complexity index is 910. The van der Waals surface area contributed by atoms with Gasteiger partial charge in [-0.15, -0.1) is 0 Å². The predicted octanol–water partition coefficient (Wildman–Crippen LogP) is 4.24. The molecule has 0 atom stereocenters. The van der Waals surface area contributed by atoms with E-state index in [9.17, 15) is 0 Å². The average Bonchev–Trinajstić information content (AvgIpc) is 3.33. The number of nitrogens with one attached hydrogen (secondary N) is 1. The van der Waals surface area contributed by atoms with Crippen molar-refractivity contribution in [2.75, 3.05) is 43.6 Å². The molecule has 150 valence electrons. The molecule has 0 amide bonds. The molecule has 1 aliphatic rings. The number of hydrogen-bond acceptors (Lipinski definition) is 6. The van der Waals surface area contributed by atoms with E-state index in [-0.39, 0.29) is 0 Å². The van der Waals surface area contributed by atoms with Crippen LogP contribution in [0.25, 0.3) is 11.3 Å². The molecule has 0 bridgehead atoms. The van der Waals surface area contributed by atoms with Gasteiger partial charge in [0, 0.05) is 24.7 Å². The van der Waals surface area contributed by atoms with Crippen LogP contribution < -0.4 is 19.7 Å². The van der Waals surface area contributed by atoms with Crippen LogP contribution in [-0.2, 0) is 0 Å². The van der Waals surface area contributed by atoms with E-state index in [1.165, 1.54) is 12.8 Å². The predicted molar refractivity (Wildman–Crippen MR) is 116 cm³/mol. The van der Waals surface area contributed by atoms with Gasteiger partial charge in [-0.25, -0.2) is 4.98 Å². The minimum Gasteiger partial charge on any atom is -0.497 e. The fourth-order valence-corrected chi connectivity index (χ4v) is 3.38. The van der Waals surface area contributed by atoms with Gasteiger partial charge in [0.1, 0.15) is 23.9 Å². The summed E-state index contributed by atoms with van der Waals surface area (Å²) in [6.45, 7) is 3.23. The molecule has 29 heavy (non-hydrogen) atoms. The van der Waals surface area contributed by atoms with Crippen molar-refractivity contribution >= 4 is 11.8 Å². The smallest absolute Gasteiger partial charge is 0.225 e. The minimum atomic E-state index is 0.518. The zero-order chi connectivity index (χ0) is 19.9. The van der Waals surface area contributed by atoms with Crippen molar-refractivity contribution < 1.29 is 9.47 Å². The summed E-state index contributed by atoms with van der Waals surface area (Å²) in [7, 11) is 1.65. The molecule has 1 saturated heterocycles. The SMILES string of the molecule is COc1ccc(OCCNc2nc(-c3ccccc3)cc(N3CCCC3)n2)cc1. The van der Waals surface area contributed by atoms with E-state index in [0.29, 0.717) is 19.1 Å². The number of hydrogen-bond donors (Lipinski definition) is 1. The molecule has 3 aromatic rings. The summed E-state index contributed by atoms with van der Waals surface area (Å²) in [5.41, 5.74) is 2.02. The number of methoxy groups -OCH3 is 1. The topological polar surface area (TPSA) is 59.5 Å². The van der Waals surface area contributed by atoms with E-state index in [1.807, 2.05) is 42.5 Å². The molecule has 0 aliphatic carbocycles. The second-order valence-corrected chi connectivity index (χ2v) is 6.95. The van der Waals surface area contributed by atoms with Crippen LogP contribution in [0.3, 0.4) is 0 Å². The van der Waals surface area contributed by atoms with Crippen LogP contribution >= 0.6 is 0 Å². The van der Waals surface area contributed by atoms with Crippen molar-refractivity contribution in [3.05, 3.63) is 60.7 Å². The lowest BCUT2D eigenvalue weighted by molar-refractivity contribution is 0.331. The Hall–Kier alpha value is -3.28. The summed E-state index contributed by atoms with van der Waals surface area (Å²) in [5.74, 6) is 3.24. The summed E-state index contributed by atoms with van der Waals surface area (Å²) in [6, 6.07) is 19.9. The van der Waals surface area contributed by atoms with Gasteiger partial charge < -0.3 is 19.7 Å². The molecular weight excluding hydrogens is 364 g/mol. The average molecular weight is 390 g/mol. The van der Waals surface area contributed by atoms with Gasteiger partial charge in [0.2, 0.25) is 5.95 Å². The molecule has 0 spiro atoms. The van der Waals surface area contributed by atoms with Crippen molar-refractivity contribution in [2.45, 2.75) is 12.8 Å². The summed E-state index contributed by atoms with van der Waals surface area (Å²) in [4.78, 5) is 11.8. The van der Waals surface area contributed by atoms with Gasteiger partial charge in [0.25, 0.3) is 0 Å². The van der Waals surface area contributed by atoms with Gasteiger partial charge in [-0.2, -0.15) is 4.98 Å². The first-order chi connectivity index (χ1) is 14.3. The van der Waals surface area contributed by atoms with E-state index in [2.05, 4.69) is 28.4 Å². The number of rotatable bonds is 8. The molecule has 1 fully saturated rings. The van der Waals surface area contributed by atoms with E-state index in [4.69, 9.17) is 19.4 Å². The Kier molecular flexibility index (Phi) is 6.10. The standard InChI is InChI=1S/C23H26N4O2/c1-28-19-9-11-20(12-10-19)29-16-13-24-23-25-21(18-7-3-2-4-8-18)17-22(26-23)27-14-5-6-15-27/h2-4,7-12,17H,5-6,13-16H2,1H3,(H,24,25,26). The van der Waals surface area contributed by atoms with Gasteiger partial charge in [-0.05, 0) is 37.1 Å². The van der Waals surface area contributed by atoms with Crippen LogP contribution in [0.1, 0.15) is 12.8 Å². The highest BCUT2D eigenvalue weighted by Gasteiger charge is 2.16. The molecule has 1 aliphatic heterocycles. The largest absolute Gasteiger partial charge is 0.497 e. The van der Waals surface area contributed by atoms with Gasteiger partial charge in [0.15, 0.2) is 0 Å². The Morgan fingerprint density at radius 1 is 0.931 bits per heavy atom. The van der Waals surface area contributed by atoms with Crippen LogP contribution in [0.5, 0.6) is 11.5 Å². The lowest BCUT2D eigenvalue weighted by Crippen LogP contribution is -2.21. The summed E-state index contributed by atoms with van der Waals surface area (Å²) >= 11 is 0. The third-order valence-electron chi connectivity index (χ3n) is 4.93. The molecule has 0 unspecified atom stereocenters. The number of ether oxygens (including phenoxy) is 2. The highest BCUT2D eigenvalue weighted by molar-refractivity contribution is 5.65. The molecular formula is C23H26N4O2. The van der Waals surface area contributed by atoms with E-state index in [0.717, 1.165) is 41.7 Å². The first-order valence-corrected chi connectivity index (χ1v) is 10.0. The monoisotopic (exact) mass is 390 g/mol.